The summed E-state index contributed by atoms with van der Waals surface area (Å²) in [7, 11) is 1.52. The van der Waals surface area contributed by atoms with Crippen LogP contribution in [-0.4, -0.2) is 20.9 Å². The summed E-state index contributed by atoms with van der Waals surface area (Å²) in [6.07, 6.45) is 0.932. The summed E-state index contributed by atoms with van der Waals surface area (Å²) in [4.78, 5) is 12.3. The van der Waals surface area contributed by atoms with Gasteiger partial charge in [-0.1, -0.05) is 20.8 Å². The van der Waals surface area contributed by atoms with Gasteiger partial charge in [-0.3, -0.25) is 4.79 Å². The highest BCUT2D eigenvalue weighted by molar-refractivity contribution is 8.13. The van der Waals surface area contributed by atoms with Crippen LogP contribution in [0.5, 0.6) is 0 Å². The number of benzene rings is 1. The van der Waals surface area contributed by atoms with Gasteiger partial charge < -0.3 is 5.32 Å². The van der Waals surface area contributed by atoms with Gasteiger partial charge >= 0.3 is 0 Å². The van der Waals surface area contributed by atoms with Crippen LogP contribution in [-0.2, 0) is 9.05 Å². The third-order valence-corrected chi connectivity index (χ3v) is 5.18. The molecule has 1 aromatic rings. The van der Waals surface area contributed by atoms with Crippen molar-refractivity contribution in [3.8, 4) is 0 Å². The Morgan fingerprint density at radius 3 is 2.33 bits per heavy atom. The Hall–Kier alpha value is -1.07. The number of amides is 1. The molecule has 1 amide bonds. The van der Waals surface area contributed by atoms with E-state index in [2.05, 4.69) is 26.1 Å². The fraction of sp³-hybridized carbons (Fsp3) is 0.533. The molecule has 6 heteroatoms. The van der Waals surface area contributed by atoms with Crippen molar-refractivity contribution in [2.24, 2.45) is 5.41 Å². The number of hydrogen-bond donors (Lipinski definition) is 1. The van der Waals surface area contributed by atoms with E-state index in [1.165, 1.54) is 12.1 Å². The second kappa shape index (κ2) is 6.36. The molecule has 0 bridgehead atoms. The van der Waals surface area contributed by atoms with Crippen LogP contribution in [0, 0.1) is 19.3 Å². The van der Waals surface area contributed by atoms with Gasteiger partial charge in [0.15, 0.2) is 0 Å². The lowest BCUT2D eigenvalue weighted by atomic mass is 9.90. The van der Waals surface area contributed by atoms with Crippen molar-refractivity contribution in [3.63, 3.8) is 0 Å². The molecule has 0 atom stereocenters. The third-order valence-electron chi connectivity index (χ3n) is 3.85. The van der Waals surface area contributed by atoms with Gasteiger partial charge in [0.25, 0.3) is 15.0 Å². The third kappa shape index (κ3) is 4.71. The fourth-order valence-electron chi connectivity index (χ4n) is 1.74. The molecular formula is C15H22ClNO3S. The first kappa shape index (κ1) is 18.0. The summed E-state index contributed by atoms with van der Waals surface area (Å²) in [6.45, 7) is 10.3. The van der Waals surface area contributed by atoms with Crippen molar-refractivity contribution in [1.82, 2.24) is 5.32 Å². The molecule has 118 valence electrons. The largest absolute Gasteiger partial charge is 0.351 e. The highest BCUT2D eigenvalue weighted by Gasteiger charge is 2.20. The van der Waals surface area contributed by atoms with Gasteiger partial charge in [0.05, 0.1) is 4.90 Å². The Balaban J connectivity index is 3.13. The molecule has 0 aliphatic heterocycles. The Morgan fingerprint density at radius 2 is 1.86 bits per heavy atom. The molecule has 0 spiro atoms. The minimum absolute atomic E-state index is 0.00518. The normalized spacial score (nSPS) is 12.3. The van der Waals surface area contributed by atoms with Gasteiger partial charge in [0.2, 0.25) is 0 Å². The zero-order valence-electron chi connectivity index (χ0n) is 13.1. The maximum Gasteiger partial charge on any atom is 0.261 e. The number of halogens is 1. The van der Waals surface area contributed by atoms with Crippen molar-refractivity contribution < 1.29 is 13.2 Å². The number of hydrogen-bond acceptors (Lipinski definition) is 3. The highest BCUT2D eigenvalue weighted by Crippen LogP contribution is 2.23. The predicted molar refractivity (Wildman–Crippen MR) is 85.4 cm³/mol. The molecule has 1 rings (SSSR count). The van der Waals surface area contributed by atoms with Crippen molar-refractivity contribution >= 4 is 25.6 Å². The van der Waals surface area contributed by atoms with Crippen LogP contribution in [0.3, 0.4) is 0 Å². The van der Waals surface area contributed by atoms with Gasteiger partial charge in [0, 0.05) is 22.8 Å². The van der Waals surface area contributed by atoms with E-state index in [1.807, 2.05) is 0 Å². The van der Waals surface area contributed by atoms with Crippen LogP contribution in [0.25, 0.3) is 0 Å². The topological polar surface area (TPSA) is 63.2 Å². The Morgan fingerprint density at radius 1 is 1.29 bits per heavy atom. The van der Waals surface area contributed by atoms with E-state index >= 15 is 0 Å². The van der Waals surface area contributed by atoms with Crippen LogP contribution in [0.1, 0.15) is 48.7 Å². The summed E-state index contributed by atoms with van der Waals surface area (Å²) in [5.74, 6) is -0.278. The molecule has 0 aliphatic rings. The summed E-state index contributed by atoms with van der Waals surface area (Å²) < 4.78 is 22.9. The Kier molecular flexibility index (Phi) is 5.45. The summed E-state index contributed by atoms with van der Waals surface area (Å²) in [5.41, 5.74) is 1.82. The smallest absolute Gasteiger partial charge is 0.261 e. The predicted octanol–water partition coefficient (Wildman–Crippen LogP) is 3.40. The van der Waals surface area contributed by atoms with Crippen molar-refractivity contribution in [3.05, 3.63) is 28.8 Å². The average molecular weight is 332 g/mol. The zero-order valence-corrected chi connectivity index (χ0v) is 14.7. The van der Waals surface area contributed by atoms with E-state index in [4.69, 9.17) is 10.7 Å². The van der Waals surface area contributed by atoms with Crippen LogP contribution >= 0.6 is 10.7 Å². The lowest BCUT2D eigenvalue weighted by molar-refractivity contribution is 0.0935. The maximum absolute atomic E-state index is 12.3. The molecule has 4 nitrogen and oxygen atoms in total. The SMILES string of the molecule is CCC(C)(C)CNC(=O)c1cc(S(=O)(=O)Cl)cc(C)c1C. The number of carbonyl (C=O) groups is 1. The van der Waals surface area contributed by atoms with Gasteiger partial charge in [-0.25, -0.2) is 8.42 Å². The molecule has 0 aromatic heterocycles. The molecule has 0 radical (unpaired) electrons. The summed E-state index contributed by atoms with van der Waals surface area (Å²) in [6, 6.07) is 2.81. The monoisotopic (exact) mass is 331 g/mol. The molecule has 0 fully saturated rings. The Bertz CT molecular complexity index is 651. The Labute approximate surface area is 131 Å². The van der Waals surface area contributed by atoms with E-state index in [9.17, 15) is 13.2 Å². The van der Waals surface area contributed by atoms with E-state index in [1.54, 1.807) is 13.8 Å². The quantitative estimate of drug-likeness (QED) is 0.841. The van der Waals surface area contributed by atoms with E-state index in [0.29, 0.717) is 12.1 Å². The fourth-order valence-corrected chi connectivity index (χ4v) is 2.59. The number of aryl methyl sites for hydroxylation is 1. The lowest BCUT2D eigenvalue weighted by Crippen LogP contribution is -2.34. The molecular weight excluding hydrogens is 310 g/mol. The molecule has 1 N–H and O–H groups in total. The first-order valence-electron chi connectivity index (χ1n) is 6.82. The van der Waals surface area contributed by atoms with Crippen molar-refractivity contribution in [2.45, 2.75) is 45.9 Å². The highest BCUT2D eigenvalue weighted by atomic mass is 35.7. The average Bonchev–Trinajstić information content (AvgIpc) is 2.38. The molecule has 0 aliphatic carbocycles. The summed E-state index contributed by atoms with van der Waals surface area (Å²) in [5, 5.41) is 2.86. The molecule has 0 heterocycles. The lowest BCUT2D eigenvalue weighted by Gasteiger charge is -2.23. The van der Waals surface area contributed by atoms with Gasteiger partial charge in [-0.15, -0.1) is 0 Å². The van der Waals surface area contributed by atoms with Crippen molar-refractivity contribution in [2.75, 3.05) is 6.54 Å². The minimum Gasteiger partial charge on any atom is -0.351 e. The number of carbonyl (C=O) groups excluding carboxylic acids is 1. The molecule has 0 saturated carbocycles. The van der Waals surface area contributed by atoms with Gasteiger partial charge in [0.1, 0.15) is 0 Å². The van der Waals surface area contributed by atoms with Crippen molar-refractivity contribution in [1.29, 1.82) is 0 Å². The second-order valence-electron chi connectivity index (χ2n) is 6.05. The van der Waals surface area contributed by atoms with Gasteiger partial charge in [-0.2, -0.15) is 0 Å². The first-order valence-corrected chi connectivity index (χ1v) is 9.13. The summed E-state index contributed by atoms with van der Waals surface area (Å²) >= 11 is 0. The van der Waals surface area contributed by atoms with Crippen LogP contribution in [0.15, 0.2) is 17.0 Å². The maximum atomic E-state index is 12.3. The van der Waals surface area contributed by atoms with E-state index in [0.717, 1.165) is 17.5 Å². The van der Waals surface area contributed by atoms with Crippen LogP contribution in [0.2, 0.25) is 0 Å². The molecule has 1 aromatic carbocycles. The van der Waals surface area contributed by atoms with E-state index in [-0.39, 0.29) is 16.2 Å². The second-order valence-corrected chi connectivity index (χ2v) is 8.62. The first-order chi connectivity index (χ1) is 9.48. The number of rotatable bonds is 5. The standard InChI is InChI=1S/C15H22ClNO3S/c1-6-15(4,5)9-17-14(18)13-8-12(21(16,19)20)7-10(2)11(13)3/h7-8H,6,9H2,1-5H3,(H,17,18). The molecule has 21 heavy (non-hydrogen) atoms. The minimum atomic E-state index is -3.85. The van der Waals surface area contributed by atoms with Gasteiger partial charge in [-0.05, 0) is 48.9 Å². The van der Waals surface area contributed by atoms with Crippen LogP contribution in [0.4, 0.5) is 0 Å². The zero-order chi connectivity index (χ0) is 16.4. The molecule has 0 unspecified atom stereocenters. The van der Waals surface area contributed by atoms with Crippen LogP contribution < -0.4 is 5.32 Å². The number of nitrogens with one attached hydrogen (secondary N) is 1. The van der Waals surface area contributed by atoms with E-state index < -0.39 is 9.05 Å². The molecule has 0 saturated heterocycles.